The highest BCUT2D eigenvalue weighted by Crippen LogP contribution is 2.33. The lowest BCUT2D eigenvalue weighted by Gasteiger charge is -2.14. The Morgan fingerprint density at radius 3 is 2.48 bits per heavy atom. The molecule has 1 fully saturated rings. The third-order valence-electron chi connectivity index (χ3n) is 4.51. The molecule has 0 atom stereocenters. The summed E-state index contributed by atoms with van der Waals surface area (Å²) < 4.78 is 6.77. The molecule has 0 aliphatic carbocycles. The molecule has 3 aromatic rings. The van der Waals surface area contributed by atoms with Crippen molar-refractivity contribution in [3.8, 4) is 5.75 Å². The largest absolute Gasteiger partial charge is 0.423 e. The predicted octanol–water partition coefficient (Wildman–Crippen LogP) is 6.07. The van der Waals surface area contributed by atoms with Gasteiger partial charge in [-0.15, -0.1) is 0 Å². The van der Waals surface area contributed by atoms with Crippen molar-refractivity contribution >= 4 is 62.2 Å². The summed E-state index contributed by atoms with van der Waals surface area (Å²) in [5.74, 6) is -0.112. The number of ether oxygens (including phenoxy) is 1. The van der Waals surface area contributed by atoms with Gasteiger partial charge in [-0.25, -0.2) is 4.79 Å². The van der Waals surface area contributed by atoms with Gasteiger partial charge < -0.3 is 4.74 Å². The molecule has 0 spiro atoms. The Labute approximate surface area is 198 Å². The lowest BCUT2D eigenvalue weighted by Crippen LogP contribution is -2.27. The summed E-state index contributed by atoms with van der Waals surface area (Å²) in [6.45, 7) is 0.452. The fourth-order valence-corrected chi connectivity index (χ4v) is 4.62. The van der Waals surface area contributed by atoms with Crippen LogP contribution in [0.25, 0.3) is 6.08 Å². The molecule has 1 aliphatic heterocycles. The SMILES string of the molecule is O=C(Oc1ccc(C=C2SC(=S)N(Cc3ccccc3)C2=O)cc1)c1cccc(Br)c1. The molecule has 0 unspecified atom stereocenters. The molecule has 1 amide bonds. The number of nitrogens with zero attached hydrogens (tertiary/aromatic N) is 1. The van der Waals surface area contributed by atoms with E-state index in [1.165, 1.54) is 11.8 Å². The lowest BCUT2D eigenvalue weighted by atomic mass is 10.2. The van der Waals surface area contributed by atoms with Gasteiger partial charge in [0.05, 0.1) is 17.0 Å². The number of thioether (sulfide) groups is 1. The van der Waals surface area contributed by atoms with Crippen LogP contribution in [-0.2, 0) is 11.3 Å². The molecule has 31 heavy (non-hydrogen) atoms. The molecule has 1 aliphatic rings. The van der Waals surface area contributed by atoms with Gasteiger partial charge in [-0.05, 0) is 47.5 Å². The summed E-state index contributed by atoms with van der Waals surface area (Å²) in [4.78, 5) is 27.2. The molecule has 0 bridgehead atoms. The maximum Gasteiger partial charge on any atom is 0.343 e. The zero-order chi connectivity index (χ0) is 21.8. The van der Waals surface area contributed by atoms with E-state index in [1.807, 2.05) is 36.4 Å². The second-order valence-electron chi connectivity index (χ2n) is 6.72. The summed E-state index contributed by atoms with van der Waals surface area (Å²) in [6, 6.07) is 23.8. The molecular weight excluding hydrogens is 494 g/mol. The van der Waals surface area contributed by atoms with E-state index in [4.69, 9.17) is 17.0 Å². The Bertz CT molecular complexity index is 1180. The van der Waals surface area contributed by atoms with Gasteiger partial charge in [0, 0.05) is 4.47 Å². The fraction of sp³-hybridized carbons (Fsp3) is 0.0417. The average Bonchev–Trinajstić information content (AvgIpc) is 3.03. The molecule has 3 aromatic carbocycles. The first-order valence-electron chi connectivity index (χ1n) is 9.37. The molecule has 0 saturated carbocycles. The van der Waals surface area contributed by atoms with Gasteiger partial charge in [0.15, 0.2) is 0 Å². The van der Waals surface area contributed by atoms with Crippen molar-refractivity contribution < 1.29 is 14.3 Å². The Morgan fingerprint density at radius 2 is 1.77 bits per heavy atom. The third-order valence-corrected chi connectivity index (χ3v) is 6.38. The van der Waals surface area contributed by atoms with E-state index in [1.54, 1.807) is 53.4 Å². The molecule has 154 valence electrons. The highest BCUT2D eigenvalue weighted by atomic mass is 79.9. The number of rotatable bonds is 5. The quantitative estimate of drug-likeness (QED) is 0.181. The predicted molar refractivity (Wildman–Crippen MR) is 131 cm³/mol. The van der Waals surface area contributed by atoms with Crippen LogP contribution in [-0.4, -0.2) is 21.1 Å². The van der Waals surface area contributed by atoms with Crippen LogP contribution in [0.5, 0.6) is 5.75 Å². The summed E-state index contributed by atoms with van der Waals surface area (Å²) >= 11 is 10.0. The topological polar surface area (TPSA) is 46.6 Å². The number of hydrogen-bond acceptors (Lipinski definition) is 5. The molecular formula is C24H16BrNO3S2. The second kappa shape index (κ2) is 9.60. The normalized spacial score (nSPS) is 14.9. The second-order valence-corrected chi connectivity index (χ2v) is 9.31. The van der Waals surface area contributed by atoms with E-state index >= 15 is 0 Å². The number of carbonyl (C=O) groups is 2. The number of hydrogen-bond donors (Lipinski definition) is 0. The molecule has 0 radical (unpaired) electrons. The Balaban J connectivity index is 1.44. The van der Waals surface area contributed by atoms with Gasteiger partial charge in [-0.3, -0.25) is 9.69 Å². The standard InChI is InChI=1S/C24H16BrNO3S2/c25-19-8-4-7-18(14-19)23(28)29-20-11-9-16(10-12-20)13-21-22(27)26(24(30)31-21)15-17-5-2-1-3-6-17/h1-14H,15H2. The van der Waals surface area contributed by atoms with E-state index < -0.39 is 5.97 Å². The van der Waals surface area contributed by atoms with Crippen molar-refractivity contribution in [2.24, 2.45) is 0 Å². The van der Waals surface area contributed by atoms with Gasteiger partial charge in [-0.1, -0.05) is 88.4 Å². The summed E-state index contributed by atoms with van der Waals surface area (Å²) in [5, 5.41) is 0. The summed E-state index contributed by atoms with van der Waals surface area (Å²) in [5.41, 5.74) is 2.31. The minimum Gasteiger partial charge on any atom is -0.423 e. The zero-order valence-electron chi connectivity index (χ0n) is 16.2. The fourth-order valence-electron chi connectivity index (χ4n) is 2.97. The average molecular weight is 510 g/mol. The minimum absolute atomic E-state index is 0.107. The first-order chi connectivity index (χ1) is 15.0. The van der Waals surface area contributed by atoms with Crippen LogP contribution in [0.4, 0.5) is 0 Å². The minimum atomic E-state index is -0.434. The van der Waals surface area contributed by atoms with Crippen LogP contribution in [0, 0.1) is 0 Å². The number of thiocarbonyl (C=S) groups is 1. The first kappa shape index (κ1) is 21.5. The highest BCUT2D eigenvalue weighted by molar-refractivity contribution is 9.10. The van der Waals surface area contributed by atoms with Crippen molar-refractivity contribution in [2.45, 2.75) is 6.54 Å². The summed E-state index contributed by atoms with van der Waals surface area (Å²) in [6.07, 6.45) is 1.80. The van der Waals surface area contributed by atoms with E-state index in [2.05, 4.69) is 15.9 Å². The van der Waals surface area contributed by atoms with E-state index in [-0.39, 0.29) is 5.91 Å². The van der Waals surface area contributed by atoms with Gasteiger partial charge in [-0.2, -0.15) is 0 Å². The van der Waals surface area contributed by atoms with Gasteiger partial charge >= 0.3 is 5.97 Å². The molecule has 0 aromatic heterocycles. The number of esters is 1. The number of amides is 1. The highest BCUT2D eigenvalue weighted by Gasteiger charge is 2.31. The van der Waals surface area contributed by atoms with Crippen LogP contribution in [0.2, 0.25) is 0 Å². The Morgan fingerprint density at radius 1 is 1.03 bits per heavy atom. The van der Waals surface area contributed by atoms with Crippen molar-refractivity contribution in [1.29, 1.82) is 0 Å². The first-order valence-corrected chi connectivity index (χ1v) is 11.4. The Hall–Kier alpha value is -2.74. The molecule has 1 heterocycles. The molecule has 4 nitrogen and oxygen atoms in total. The number of halogens is 1. The van der Waals surface area contributed by atoms with Crippen LogP contribution in [0.3, 0.4) is 0 Å². The lowest BCUT2D eigenvalue weighted by molar-refractivity contribution is -0.122. The smallest absolute Gasteiger partial charge is 0.343 e. The molecule has 1 saturated heterocycles. The van der Waals surface area contributed by atoms with Gasteiger partial charge in [0.25, 0.3) is 5.91 Å². The van der Waals surface area contributed by atoms with E-state index in [9.17, 15) is 9.59 Å². The van der Waals surface area contributed by atoms with Gasteiger partial charge in [0.1, 0.15) is 10.1 Å². The molecule has 4 rings (SSSR count). The van der Waals surface area contributed by atoms with E-state index in [0.29, 0.717) is 27.1 Å². The monoisotopic (exact) mass is 509 g/mol. The molecule has 0 N–H and O–H groups in total. The van der Waals surface area contributed by atoms with Crippen LogP contribution < -0.4 is 4.74 Å². The Kier molecular flexibility index (Phi) is 6.65. The van der Waals surface area contributed by atoms with Crippen LogP contribution >= 0.6 is 39.9 Å². The summed E-state index contributed by atoms with van der Waals surface area (Å²) in [7, 11) is 0. The third kappa shape index (κ3) is 5.31. The van der Waals surface area contributed by atoms with Crippen molar-refractivity contribution in [3.63, 3.8) is 0 Å². The zero-order valence-corrected chi connectivity index (χ0v) is 19.4. The maximum absolute atomic E-state index is 12.8. The van der Waals surface area contributed by atoms with Crippen molar-refractivity contribution in [1.82, 2.24) is 4.90 Å². The van der Waals surface area contributed by atoms with Gasteiger partial charge in [0.2, 0.25) is 0 Å². The van der Waals surface area contributed by atoms with Crippen molar-refractivity contribution in [3.05, 3.63) is 105 Å². The van der Waals surface area contributed by atoms with Crippen molar-refractivity contribution in [2.75, 3.05) is 0 Å². The molecule has 7 heteroatoms. The maximum atomic E-state index is 12.8. The number of carbonyl (C=O) groups excluding carboxylic acids is 2. The van der Waals surface area contributed by atoms with Crippen LogP contribution in [0.15, 0.2) is 88.2 Å². The van der Waals surface area contributed by atoms with Crippen LogP contribution in [0.1, 0.15) is 21.5 Å². The van der Waals surface area contributed by atoms with E-state index in [0.717, 1.165) is 15.6 Å². The number of benzene rings is 3.